The fourth-order valence-electron chi connectivity index (χ4n) is 0.683. The van der Waals surface area contributed by atoms with Crippen LogP contribution in [0.25, 0.3) is 4.98 Å². The lowest BCUT2D eigenvalue weighted by Gasteiger charge is -1.94. The van der Waals surface area contributed by atoms with Crippen LogP contribution in [0.4, 0.5) is 23.0 Å². The number of diazo groups is 1. The molecule has 0 N–H and O–H groups in total. The van der Waals surface area contributed by atoms with Crippen LogP contribution in [0.1, 0.15) is 5.56 Å². The lowest BCUT2D eigenvalue weighted by molar-refractivity contribution is 0.368. The molecule has 0 fully saturated rings. The van der Waals surface area contributed by atoms with Gasteiger partial charge in [-0.2, -0.15) is 0 Å². The normalized spacial score (nSPS) is 9.20. The maximum Gasteiger partial charge on any atom is 0.673 e. The van der Waals surface area contributed by atoms with Gasteiger partial charge in [0.2, 0.25) is 5.39 Å². The highest BCUT2D eigenvalue weighted by Gasteiger charge is 2.20. The Labute approximate surface area is 83.6 Å². The molecule has 1 aromatic rings. The zero-order valence-electron chi connectivity index (χ0n) is 7.37. The van der Waals surface area contributed by atoms with Crippen LogP contribution < -0.4 is 0 Å². The summed E-state index contributed by atoms with van der Waals surface area (Å²) in [7, 11) is -6.00. The third-order valence-electron chi connectivity index (χ3n) is 1.17. The van der Waals surface area contributed by atoms with Crippen LogP contribution in [-0.2, 0) is 0 Å². The number of rotatable bonds is 0. The van der Waals surface area contributed by atoms with Crippen LogP contribution in [-0.4, -0.2) is 7.25 Å². The SMILES string of the molecule is C#Cc1ccccc1[N+]#N.F[B-](F)(F)F. The lowest BCUT2D eigenvalue weighted by atomic mass is 10.2. The minimum absolute atomic E-state index is 0.435. The van der Waals surface area contributed by atoms with Gasteiger partial charge in [0.05, 0.1) is 0 Å². The van der Waals surface area contributed by atoms with E-state index in [-0.39, 0.29) is 0 Å². The van der Waals surface area contributed by atoms with Crippen molar-refractivity contribution in [2.24, 2.45) is 0 Å². The Morgan fingerprint density at radius 3 is 2.00 bits per heavy atom. The van der Waals surface area contributed by atoms with Crippen molar-refractivity contribution in [1.29, 1.82) is 5.39 Å². The van der Waals surface area contributed by atoms with E-state index in [0.717, 1.165) is 0 Å². The fourth-order valence-corrected chi connectivity index (χ4v) is 0.683. The lowest BCUT2D eigenvalue weighted by Crippen LogP contribution is -2.02. The summed E-state index contributed by atoms with van der Waals surface area (Å²) in [4.78, 5) is 3.00. The minimum Gasteiger partial charge on any atom is -0.418 e. The van der Waals surface area contributed by atoms with Crippen molar-refractivity contribution in [1.82, 2.24) is 0 Å². The molecule has 0 unspecified atom stereocenters. The number of halogens is 4. The van der Waals surface area contributed by atoms with Crippen molar-refractivity contribution < 1.29 is 17.3 Å². The molecule has 0 aromatic heterocycles. The summed E-state index contributed by atoms with van der Waals surface area (Å²) in [6.45, 7) is 0. The Balaban J connectivity index is 0.000000336. The van der Waals surface area contributed by atoms with Crippen molar-refractivity contribution >= 4 is 12.9 Å². The summed E-state index contributed by atoms with van der Waals surface area (Å²) in [6.07, 6.45) is 5.11. The summed E-state index contributed by atoms with van der Waals surface area (Å²) in [5.41, 5.74) is 1.04. The number of hydrogen-bond donors (Lipinski definition) is 0. The van der Waals surface area contributed by atoms with E-state index < -0.39 is 7.25 Å². The van der Waals surface area contributed by atoms with Gasteiger partial charge in [-0.3, -0.25) is 0 Å². The van der Waals surface area contributed by atoms with E-state index in [2.05, 4.69) is 10.9 Å². The largest absolute Gasteiger partial charge is 0.673 e. The average molecular weight is 216 g/mol. The van der Waals surface area contributed by atoms with E-state index in [1.165, 1.54) is 0 Å². The predicted molar refractivity (Wildman–Crippen MR) is 49.3 cm³/mol. The predicted octanol–water partition coefficient (Wildman–Crippen LogP) is 3.45. The topological polar surface area (TPSA) is 28.1 Å². The first kappa shape index (κ1) is 13.0. The molecule has 0 saturated heterocycles. The summed E-state index contributed by atoms with van der Waals surface area (Å²) in [5, 5.41) is 8.38. The Hall–Kier alpha value is -2.02. The van der Waals surface area contributed by atoms with Gasteiger partial charge >= 0.3 is 12.9 Å². The van der Waals surface area contributed by atoms with Gasteiger partial charge in [0.1, 0.15) is 5.56 Å². The first-order valence-electron chi connectivity index (χ1n) is 3.66. The van der Waals surface area contributed by atoms with Crippen molar-refractivity contribution in [3.05, 3.63) is 34.8 Å². The van der Waals surface area contributed by atoms with E-state index in [9.17, 15) is 17.3 Å². The zero-order chi connectivity index (χ0) is 11.9. The Bertz CT molecular complexity index is 363. The quantitative estimate of drug-likeness (QED) is 0.282. The third-order valence-corrected chi connectivity index (χ3v) is 1.17. The molecule has 0 aliphatic carbocycles. The first-order valence-corrected chi connectivity index (χ1v) is 3.66. The van der Waals surface area contributed by atoms with Crippen LogP contribution in [0.3, 0.4) is 0 Å². The van der Waals surface area contributed by atoms with Crippen LogP contribution in [0.2, 0.25) is 0 Å². The molecule has 0 aliphatic rings. The first-order chi connectivity index (χ1) is 6.88. The highest BCUT2D eigenvalue weighted by Crippen LogP contribution is 2.16. The molecule has 0 radical (unpaired) electrons. The number of nitrogens with zero attached hydrogens (tertiary/aromatic N) is 2. The molecule has 0 spiro atoms. The van der Waals surface area contributed by atoms with Gasteiger partial charge < -0.3 is 17.3 Å². The maximum absolute atomic E-state index is 9.75. The third kappa shape index (κ3) is 7.09. The smallest absolute Gasteiger partial charge is 0.418 e. The van der Waals surface area contributed by atoms with Crippen molar-refractivity contribution in [2.45, 2.75) is 0 Å². The number of benzene rings is 1. The van der Waals surface area contributed by atoms with Crippen molar-refractivity contribution in [3.8, 4) is 12.3 Å². The van der Waals surface area contributed by atoms with Crippen LogP contribution in [0.5, 0.6) is 0 Å². The van der Waals surface area contributed by atoms with Gasteiger partial charge in [-0.15, -0.1) is 6.42 Å². The Morgan fingerprint density at radius 1 is 1.20 bits per heavy atom. The van der Waals surface area contributed by atoms with Gasteiger partial charge in [0, 0.05) is 6.07 Å². The molecule has 0 heterocycles. The average Bonchev–Trinajstić information content (AvgIpc) is 2.15. The van der Waals surface area contributed by atoms with E-state index in [4.69, 9.17) is 11.8 Å². The molecule has 1 rings (SSSR count). The van der Waals surface area contributed by atoms with Gasteiger partial charge in [-0.25, -0.2) is 0 Å². The molecular formula is C8H5BF4N2. The highest BCUT2D eigenvalue weighted by atomic mass is 19.5. The summed E-state index contributed by atoms with van der Waals surface area (Å²) < 4.78 is 39.0. The maximum atomic E-state index is 9.75. The van der Waals surface area contributed by atoms with Crippen LogP contribution in [0.15, 0.2) is 24.3 Å². The monoisotopic (exact) mass is 216 g/mol. The van der Waals surface area contributed by atoms with Crippen molar-refractivity contribution in [2.75, 3.05) is 0 Å². The second kappa shape index (κ2) is 5.66. The molecule has 0 aliphatic heterocycles. The molecule has 0 atom stereocenters. The molecular weight excluding hydrogens is 211 g/mol. The molecule has 7 heteroatoms. The second-order valence-corrected chi connectivity index (χ2v) is 2.26. The van der Waals surface area contributed by atoms with E-state index >= 15 is 0 Å². The molecule has 0 saturated carbocycles. The van der Waals surface area contributed by atoms with Gasteiger partial charge in [0.15, 0.2) is 4.98 Å². The minimum atomic E-state index is -6.00. The Kier molecular flexibility index (Phi) is 4.90. The number of hydrogen-bond acceptors (Lipinski definition) is 1. The fraction of sp³-hybridized carbons (Fsp3) is 0. The molecule has 0 bridgehead atoms. The Morgan fingerprint density at radius 2 is 1.67 bits per heavy atom. The molecule has 0 amide bonds. The van der Waals surface area contributed by atoms with E-state index in [1.54, 1.807) is 24.3 Å². The second-order valence-electron chi connectivity index (χ2n) is 2.26. The summed E-state index contributed by atoms with van der Waals surface area (Å²) >= 11 is 0. The molecule has 78 valence electrons. The van der Waals surface area contributed by atoms with Gasteiger partial charge in [0.25, 0.3) is 0 Å². The summed E-state index contributed by atoms with van der Waals surface area (Å²) in [6, 6.07) is 6.92. The standard InChI is InChI=1S/C8H5N2.BF4/c1-2-7-5-3-4-6-8(7)10-9;2-1(3,4)5/h1,3-6H;/q+1;-1. The van der Waals surface area contributed by atoms with Crippen LogP contribution in [0, 0.1) is 17.7 Å². The zero-order valence-corrected chi connectivity index (χ0v) is 7.37. The van der Waals surface area contributed by atoms with Crippen molar-refractivity contribution in [3.63, 3.8) is 0 Å². The van der Waals surface area contributed by atoms with Gasteiger partial charge in [-0.1, -0.05) is 18.1 Å². The van der Waals surface area contributed by atoms with E-state index in [1.807, 2.05) is 0 Å². The summed E-state index contributed by atoms with van der Waals surface area (Å²) in [5.74, 6) is 2.39. The van der Waals surface area contributed by atoms with E-state index in [0.29, 0.717) is 11.3 Å². The molecule has 15 heavy (non-hydrogen) atoms. The van der Waals surface area contributed by atoms with Crippen LogP contribution >= 0.6 is 0 Å². The molecule has 1 aromatic carbocycles. The highest BCUT2D eigenvalue weighted by molar-refractivity contribution is 6.50. The van der Waals surface area contributed by atoms with Gasteiger partial charge in [-0.05, 0) is 6.07 Å². The molecule has 2 nitrogen and oxygen atoms in total. The number of terminal acetylenes is 1.